The predicted molar refractivity (Wildman–Crippen MR) is 126 cm³/mol. The second-order valence-corrected chi connectivity index (χ2v) is 10.2. The van der Waals surface area contributed by atoms with Crippen LogP contribution in [0.2, 0.25) is 0 Å². The van der Waals surface area contributed by atoms with Crippen molar-refractivity contribution in [3.8, 4) is 0 Å². The number of carbonyl (C=O) groups is 1. The minimum Gasteiger partial charge on any atom is -0.355 e. The van der Waals surface area contributed by atoms with E-state index >= 15 is 0 Å². The van der Waals surface area contributed by atoms with E-state index in [2.05, 4.69) is 10.5 Å². The molecule has 1 amide bonds. The topological polar surface area (TPSA) is 92.5 Å². The van der Waals surface area contributed by atoms with E-state index in [4.69, 9.17) is 4.52 Å². The van der Waals surface area contributed by atoms with Crippen LogP contribution >= 0.6 is 0 Å². The van der Waals surface area contributed by atoms with Crippen LogP contribution in [0.25, 0.3) is 12.2 Å². The Bertz CT molecular complexity index is 1340. The van der Waals surface area contributed by atoms with E-state index in [1.165, 1.54) is 41.6 Å². The number of aryl methyl sites for hydroxylation is 1. The summed E-state index contributed by atoms with van der Waals surface area (Å²) < 4.78 is 60.5. The number of sulfonamides is 1. The average molecular weight is 502 g/mol. The lowest BCUT2D eigenvalue weighted by atomic mass is 9.99. The molecule has 0 radical (unpaired) electrons. The molecule has 7 nitrogen and oxygen atoms in total. The van der Waals surface area contributed by atoms with Crippen molar-refractivity contribution in [3.63, 3.8) is 0 Å². The molecule has 0 saturated carbocycles. The van der Waals surface area contributed by atoms with Crippen LogP contribution in [0.3, 0.4) is 0 Å². The molecule has 1 aliphatic heterocycles. The van der Waals surface area contributed by atoms with Crippen LogP contribution in [0.1, 0.15) is 35.4 Å². The van der Waals surface area contributed by atoms with Crippen LogP contribution in [0.4, 0.5) is 8.78 Å². The molecular formula is C25H25F2N3O4S. The molecule has 1 fully saturated rings. The number of nitrogens with zero attached hydrogens (tertiary/aromatic N) is 2. The van der Waals surface area contributed by atoms with Gasteiger partial charge in [-0.2, -0.15) is 4.31 Å². The molecule has 10 heteroatoms. The van der Waals surface area contributed by atoms with Gasteiger partial charge in [0.15, 0.2) is 10.7 Å². The minimum atomic E-state index is -4.02. The summed E-state index contributed by atoms with van der Waals surface area (Å²) in [5, 5.41) is 6.60. The highest BCUT2D eigenvalue weighted by atomic mass is 32.2. The first kappa shape index (κ1) is 24.7. The third-order valence-electron chi connectivity index (χ3n) is 5.89. The molecule has 1 aromatic heterocycles. The number of halogens is 2. The van der Waals surface area contributed by atoms with Gasteiger partial charge < -0.3 is 9.84 Å². The molecule has 1 atom stereocenters. The fraction of sp³-hybridized carbons (Fsp3) is 0.280. The summed E-state index contributed by atoms with van der Waals surface area (Å²) >= 11 is 0. The van der Waals surface area contributed by atoms with Gasteiger partial charge in [0.05, 0.1) is 5.92 Å². The number of carbonyl (C=O) groups excluding carboxylic acids is 1. The monoisotopic (exact) mass is 501 g/mol. The fourth-order valence-electron chi connectivity index (χ4n) is 4.01. The highest BCUT2D eigenvalue weighted by molar-refractivity contribution is 7.89. The zero-order valence-electron chi connectivity index (χ0n) is 19.1. The maximum absolute atomic E-state index is 14.0. The number of hydrogen-bond donors (Lipinski definition) is 1. The molecule has 2 aromatic carbocycles. The van der Waals surface area contributed by atoms with Crippen molar-refractivity contribution in [1.29, 1.82) is 0 Å². The maximum Gasteiger partial charge on any atom is 0.248 e. The van der Waals surface area contributed by atoms with Crippen molar-refractivity contribution >= 4 is 28.1 Å². The number of nitrogens with one attached hydrogen (secondary N) is 1. The Hall–Kier alpha value is -3.37. The van der Waals surface area contributed by atoms with E-state index in [0.717, 1.165) is 5.56 Å². The van der Waals surface area contributed by atoms with Crippen LogP contribution in [0.15, 0.2) is 57.9 Å². The third-order valence-corrected chi connectivity index (χ3v) is 7.91. The van der Waals surface area contributed by atoms with Gasteiger partial charge in [-0.1, -0.05) is 35.5 Å². The summed E-state index contributed by atoms with van der Waals surface area (Å²) in [5.74, 6) is -1.61. The van der Waals surface area contributed by atoms with E-state index in [0.29, 0.717) is 12.8 Å². The van der Waals surface area contributed by atoms with Gasteiger partial charge >= 0.3 is 0 Å². The van der Waals surface area contributed by atoms with E-state index in [9.17, 15) is 22.0 Å². The van der Waals surface area contributed by atoms with E-state index in [1.807, 2.05) is 0 Å². The quantitative estimate of drug-likeness (QED) is 0.525. The Labute approximate surface area is 202 Å². The SMILES string of the molecule is Cc1noc(/C=C/c2ccccc2F)c1S(=O)(=O)N1CCCC(C(=O)NCc2ccc(F)cc2)C1. The van der Waals surface area contributed by atoms with Crippen LogP contribution in [-0.4, -0.2) is 36.9 Å². The zero-order chi connectivity index (χ0) is 25.0. The molecular weight excluding hydrogens is 476 g/mol. The number of benzene rings is 2. The second-order valence-electron chi connectivity index (χ2n) is 8.36. The largest absolute Gasteiger partial charge is 0.355 e. The van der Waals surface area contributed by atoms with Gasteiger partial charge in [-0.25, -0.2) is 17.2 Å². The van der Waals surface area contributed by atoms with Crippen molar-refractivity contribution in [2.24, 2.45) is 5.92 Å². The lowest BCUT2D eigenvalue weighted by Gasteiger charge is -2.31. The third kappa shape index (κ3) is 5.66. The van der Waals surface area contributed by atoms with E-state index in [1.54, 1.807) is 30.3 Å². The average Bonchev–Trinajstić information content (AvgIpc) is 3.24. The maximum atomic E-state index is 14.0. The molecule has 4 rings (SSSR count). The summed E-state index contributed by atoms with van der Waals surface area (Å²) in [7, 11) is -4.02. The molecule has 35 heavy (non-hydrogen) atoms. The fourth-order valence-corrected chi connectivity index (χ4v) is 5.79. The van der Waals surface area contributed by atoms with Crippen LogP contribution in [-0.2, 0) is 21.4 Å². The van der Waals surface area contributed by atoms with Gasteiger partial charge in [-0.3, -0.25) is 4.79 Å². The van der Waals surface area contributed by atoms with Crippen LogP contribution < -0.4 is 5.32 Å². The molecule has 184 valence electrons. The summed E-state index contributed by atoms with van der Waals surface area (Å²) in [4.78, 5) is 12.6. The van der Waals surface area contributed by atoms with Gasteiger partial charge in [0.2, 0.25) is 15.9 Å². The summed E-state index contributed by atoms with van der Waals surface area (Å²) in [6.45, 7) is 2.01. The molecule has 2 heterocycles. The molecule has 1 N–H and O–H groups in total. The van der Waals surface area contributed by atoms with Gasteiger partial charge in [-0.15, -0.1) is 0 Å². The van der Waals surface area contributed by atoms with Crippen molar-refractivity contribution in [1.82, 2.24) is 14.8 Å². The molecule has 0 aliphatic carbocycles. The Morgan fingerprint density at radius 1 is 1.17 bits per heavy atom. The van der Waals surface area contributed by atoms with Crippen molar-refractivity contribution < 1.29 is 26.5 Å². The van der Waals surface area contributed by atoms with Crippen molar-refractivity contribution in [2.45, 2.75) is 31.2 Å². The lowest BCUT2D eigenvalue weighted by molar-refractivity contribution is -0.126. The Balaban J connectivity index is 1.48. The Kier molecular flexibility index (Phi) is 7.42. The van der Waals surface area contributed by atoms with Gasteiger partial charge in [0.1, 0.15) is 17.3 Å². The van der Waals surface area contributed by atoms with Crippen molar-refractivity contribution in [2.75, 3.05) is 13.1 Å². The number of rotatable bonds is 7. The first-order valence-corrected chi connectivity index (χ1v) is 12.6. The number of hydrogen-bond acceptors (Lipinski definition) is 5. The Morgan fingerprint density at radius 2 is 1.91 bits per heavy atom. The van der Waals surface area contributed by atoms with Gasteiger partial charge in [0.25, 0.3) is 0 Å². The Morgan fingerprint density at radius 3 is 2.66 bits per heavy atom. The normalized spacial score (nSPS) is 17.1. The minimum absolute atomic E-state index is 0.00589. The highest BCUT2D eigenvalue weighted by Gasteiger charge is 2.36. The molecule has 1 unspecified atom stereocenters. The molecule has 0 spiro atoms. The highest BCUT2D eigenvalue weighted by Crippen LogP contribution is 2.29. The molecule has 0 bridgehead atoms. The molecule has 3 aromatic rings. The van der Waals surface area contributed by atoms with Crippen molar-refractivity contribution in [3.05, 3.63) is 82.7 Å². The molecule has 1 aliphatic rings. The lowest BCUT2D eigenvalue weighted by Crippen LogP contribution is -2.45. The summed E-state index contributed by atoms with van der Waals surface area (Å²) in [6.07, 6.45) is 3.86. The second kappa shape index (κ2) is 10.5. The summed E-state index contributed by atoms with van der Waals surface area (Å²) in [5.41, 5.74) is 1.20. The first-order valence-electron chi connectivity index (χ1n) is 11.2. The van der Waals surface area contributed by atoms with Gasteiger partial charge in [0, 0.05) is 25.2 Å². The smallest absolute Gasteiger partial charge is 0.248 e. The molecule has 1 saturated heterocycles. The van der Waals surface area contributed by atoms with Crippen LogP contribution in [0.5, 0.6) is 0 Å². The number of piperidine rings is 1. The predicted octanol–water partition coefficient (Wildman–Crippen LogP) is 4.15. The first-order chi connectivity index (χ1) is 16.8. The van der Waals surface area contributed by atoms with Gasteiger partial charge in [-0.05, 0) is 55.7 Å². The van der Waals surface area contributed by atoms with E-state index < -0.39 is 21.8 Å². The van der Waals surface area contributed by atoms with Crippen LogP contribution in [0, 0.1) is 24.5 Å². The zero-order valence-corrected chi connectivity index (χ0v) is 19.9. The summed E-state index contributed by atoms with van der Waals surface area (Å²) in [6, 6.07) is 11.9. The number of aromatic nitrogens is 1. The standard InChI is InChI=1S/C25H25F2N3O4S/c1-17-24(23(34-29-17)13-10-19-5-2-3-7-22(19)27)35(32,33)30-14-4-6-20(16-30)25(31)28-15-18-8-11-21(26)12-9-18/h2-3,5,7-13,20H,4,6,14-16H2,1H3,(H,28,31)/b13-10+. The van der Waals surface area contributed by atoms with E-state index in [-0.39, 0.29) is 53.3 Å². The number of amides is 1.